The Bertz CT molecular complexity index is 442. The molecule has 2 N–H and O–H groups in total. The van der Waals surface area contributed by atoms with Crippen LogP contribution in [-0.4, -0.2) is 9.36 Å². The van der Waals surface area contributed by atoms with Crippen LogP contribution in [0, 0.1) is 6.92 Å². The second kappa shape index (κ2) is 4.37. The zero-order valence-corrected chi connectivity index (χ0v) is 9.12. The van der Waals surface area contributed by atoms with E-state index in [4.69, 9.17) is 10.5 Å². The van der Waals surface area contributed by atoms with Crippen molar-refractivity contribution in [1.29, 1.82) is 0 Å². The molecular formula is C10H11N3OS. The molecule has 1 aromatic carbocycles. The minimum Gasteiger partial charge on any atom is -0.430 e. The van der Waals surface area contributed by atoms with Crippen LogP contribution >= 0.6 is 11.5 Å². The highest BCUT2D eigenvalue weighted by Crippen LogP contribution is 2.26. The molecule has 0 amide bonds. The van der Waals surface area contributed by atoms with Crippen LogP contribution in [0.25, 0.3) is 0 Å². The zero-order valence-electron chi connectivity index (χ0n) is 8.30. The van der Waals surface area contributed by atoms with Gasteiger partial charge in [-0.3, -0.25) is 0 Å². The third-order valence-electron chi connectivity index (χ3n) is 2.03. The Morgan fingerprint density at radius 3 is 3.00 bits per heavy atom. The first-order chi connectivity index (χ1) is 7.29. The Morgan fingerprint density at radius 1 is 1.47 bits per heavy atom. The van der Waals surface area contributed by atoms with E-state index in [2.05, 4.69) is 9.36 Å². The van der Waals surface area contributed by atoms with Gasteiger partial charge in [0.25, 0.3) is 5.19 Å². The van der Waals surface area contributed by atoms with Crippen molar-refractivity contribution in [2.45, 2.75) is 13.5 Å². The van der Waals surface area contributed by atoms with E-state index in [0.29, 0.717) is 11.7 Å². The Labute approximate surface area is 91.9 Å². The molecule has 0 aliphatic heterocycles. The molecule has 0 saturated heterocycles. The highest BCUT2D eigenvalue weighted by atomic mass is 32.1. The van der Waals surface area contributed by atoms with Crippen LogP contribution in [0.1, 0.15) is 11.1 Å². The van der Waals surface area contributed by atoms with Crippen LogP contribution in [-0.2, 0) is 6.54 Å². The predicted octanol–water partition coefficient (Wildman–Crippen LogP) is 2.10. The fraction of sp³-hybridized carbons (Fsp3) is 0.200. The number of rotatable bonds is 3. The molecule has 0 atom stereocenters. The molecule has 1 aromatic heterocycles. The summed E-state index contributed by atoms with van der Waals surface area (Å²) in [6.07, 6.45) is 1.47. The lowest BCUT2D eigenvalue weighted by molar-refractivity contribution is 0.474. The van der Waals surface area contributed by atoms with Crippen molar-refractivity contribution < 1.29 is 4.74 Å². The largest absolute Gasteiger partial charge is 0.430 e. The normalized spacial score (nSPS) is 10.3. The molecule has 0 unspecified atom stereocenters. The minimum absolute atomic E-state index is 0.507. The molecule has 0 saturated carbocycles. The van der Waals surface area contributed by atoms with E-state index in [0.717, 1.165) is 16.9 Å². The molecule has 4 nitrogen and oxygen atoms in total. The van der Waals surface area contributed by atoms with Crippen molar-refractivity contribution >= 4 is 11.5 Å². The lowest BCUT2D eigenvalue weighted by atomic mass is 10.1. The fourth-order valence-corrected chi connectivity index (χ4v) is 1.59. The summed E-state index contributed by atoms with van der Waals surface area (Å²) < 4.78 is 9.45. The first kappa shape index (κ1) is 10.1. The van der Waals surface area contributed by atoms with Crippen molar-refractivity contribution in [3.63, 3.8) is 0 Å². The lowest BCUT2D eigenvalue weighted by Crippen LogP contribution is -1.97. The molecular weight excluding hydrogens is 210 g/mol. The van der Waals surface area contributed by atoms with E-state index >= 15 is 0 Å². The van der Waals surface area contributed by atoms with Gasteiger partial charge in [-0.25, -0.2) is 0 Å². The van der Waals surface area contributed by atoms with Crippen LogP contribution < -0.4 is 10.5 Å². The van der Waals surface area contributed by atoms with E-state index in [-0.39, 0.29) is 0 Å². The first-order valence-electron chi connectivity index (χ1n) is 4.53. The van der Waals surface area contributed by atoms with Crippen molar-refractivity contribution in [3.05, 3.63) is 35.7 Å². The topological polar surface area (TPSA) is 61.0 Å². The lowest BCUT2D eigenvalue weighted by Gasteiger charge is -2.06. The summed E-state index contributed by atoms with van der Waals surface area (Å²) in [5.74, 6) is 0.787. The second-order valence-corrected chi connectivity index (χ2v) is 3.86. The van der Waals surface area contributed by atoms with Crippen LogP contribution in [0.5, 0.6) is 10.9 Å². The minimum atomic E-state index is 0.507. The first-order valence-corrected chi connectivity index (χ1v) is 5.31. The summed E-state index contributed by atoms with van der Waals surface area (Å²) in [6.45, 7) is 2.49. The van der Waals surface area contributed by atoms with Crippen molar-refractivity contribution in [3.8, 4) is 10.9 Å². The van der Waals surface area contributed by atoms with Crippen LogP contribution in [0.3, 0.4) is 0 Å². The Hall–Kier alpha value is -1.46. The monoisotopic (exact) mass is 221 g/mol. The molecule has 0 aliphatic carbocycles. The summed E-state index contributed by atoms with van der Waals surface area (Å²) in [6, 6.07) is 5.90. The van der Waals surface area contributed by atoms with E-state index in [1.807, 2.05) is 25.1 Å². The molecule has 2 aromatic rings. The van der Waals surface area contributed by atoms with E-state index in [1.165, 1.54) is 17.9 Å². The van der Waals surface area contributed by atoms with Crippen LogP contribution in [0.4, 0.5) is 0 Å². The molecule has 15 heavy (non-hydrogen) atoms. The maximum Gasteiger partial charge on any atom is 0.298 e. The van der Waals surface area contributed by atoms with Gasteiger partial charge in [-0.2, -0.15) is 9.36 Å². The molecule has 2 rings (SSSR count). The van der Waals surface area contributed by atoms with Gasteiger partial charge in [0.1, 0.15) is 12.1 Å². The summed E-state index contributed by atoms with van der Waals surface area (Å²) in [4.78, 5) is 3.96. The van der Waals surface area contributed by atoms with Gasteiger partial charge in [0.05, 0.1) is 0 Å². The summed E-state index contributed by atoms with van der Waals surface area (Å²) >= 11 is 1.23. The maximum absolute atomic E-state index is 5.58. The third kappa shape index (κ3) is 2.31. The number of aryl methyl sites for hydroxylation is 1. The molecule has 0 radical (unpaired) electrons. The Kier molecular flexibility index (Phi) is 2.94. The summed E-state index contributed by atoms with van der Waals surface area (Å²) in [7, 11) is 0. The molecule has 5 heteroatoms. The highest BCUT2D eigenvalue weighted by Gasteiger charge is 2.04. The summed E-state index contributed by atoms with van der Waals surface area (Å²) in [5, 5.41) is 0.548. The number of hydrogen-bond acceptors (Lipinski definition) is 5. The van der Waals surface area contributed by atoms with Gasteiger partial charge in [-0.05, 0) is 24.1 Å². The van der Waals surface area contributed by atoms with Crippen LogP contribution in [0.2, 0.25) is 0 Å². The molecule has 78 valence electrons. The van der Waals surface area contributed by atoms with Crippen LogP contribution in [0.15, 0.2) is 24.5 Å². The average Bonchev–Trinajstić information content (AvgIpc) is 2.74. The molecule has 0 fully saturated rings. The molecule has 0 aliphatic rings. The Morgan fingerprint density at radius 2 is 2.33 bits per heavy atom. The number of aromatic nitrogens is 2. The molecule has 1 heterocycles. The second-order valence-electron chi connectivity index (χ2n) is 3.11. The van der Waals surface area contributed by atoms with Gasteiger partial charge in [0, 0.05) is 18.1 Å². The number of benzene rings is 1. The number of hydrogen-bond donors (Lipinski definition) is 1. The van der Waals surface area contributed by atoms with Gasteiger partial charge in [-0.15, -0.1) is 0 Å². The SMILES string of the molecule is Cc1ccc(CN)cc1Oc1ncns1. The quantitative estimate of drug-likeness (QED) is 0.862. The van der Waals surface area contributed by atoms with Crippen molar-refractivity contribution in [2.24, 2.45) is 5.73 Å². The number of ether oxygens (including phenoxy) is 1. The van der Waals surface area contributed by atoms with Gasteiger partial charge in [0.15, 0.2) is 0 Å². The fourth-order valence-electron chi connectivity index (χ4n) is 1.18. The zero-order chi connectivity index (χ0) is 10.7. The third-order valence-corrected chi connectivity index (χ3v) is 2.57. The van der Waals surface area contributed by atoms with E-state index in [9.17, 15) is 0 Å². The molecule has 0 bridgehead atoms. The van der Waals surface area contributed by atoms with E-state index in [1.54, 1.807) is 0 Å². The van der Waals surface area contributed by atoms with Gasteiger partial charge in [-0.1, -0.05) is 12.1 Å². The highest BCUT2D eigenvalue weighted by molar-refractivity contribution is 7.07. The Balaban J connectivity index is 2.27. The van der Waals surface area contributed by atoms with E-state index < -0.39 is 0 Å². The van der Waals surface area contributed by atoms with Gasteiger partial charge in [0.2, 0.25) is 0 Å². The van der Waals surface area contributed by atoms with Gasteiger partial charge < -0.3 is 10.5 Å². The van der Waals surface area contributed by atoms with Gasteiger partial charge >= 0.3 is 0 Å². The predicted molar refractivity (Wildman–Crippen MR) is 59.1 cm³/mol. The maximum atomic E-state index is 5.58. The number of nitrogens with two attached hydrogens (primary N) is 1. The standard InChI is InChI=1S/C10H11N3OS/c1-7-2-3-8(5-11)4-9(7)14-10-12-6-13-15-10/h2-4,6H,5,11H2,1H3. The average molecular weight is 221 g/mol. The smallest absolute Gasteiger partial charge is 0.298 e. The van der Waals surface area contributed by atoms with Crippen molar-refractivity contribution in [2.75, 3.05) is 0 Å². The molecule has 0 spiro atoms. The number of nitrogens with zero attached hydrogens (tertiary/aromatic N) is 2. The van der Waals surface area contributed by atoms with Crippen molar-refractivity contribution in [1.82, 2.24) is 9.36 Å². The summed E-state index contributed by atoms with van der Waals surface area (Å²) in [5.41, 5.74) is 7.66.